The van der Waals surface area contributed by atoms with E-state index in [9.17, 15) is 29.5 Å². The van der Waals surface area contributed by atoms with Crippen molar-refractivity contribution < 1.29 is 52.4 Å². The Morgan fingerprint density at radius 2 is 1.70 bits per heavy atom. The fourth-order valence-electron chi connectivity index (χ4n) is 4.64. The van der Waals surface area contributed by atoms with Crippen molar-refractivity contribution >= 4 is 41.6 Å². The maximum Gasteiger partial charge on any atom is 0.350 e. The van der Waals surface area contributed by atoms with Crippen LogP contribution >= 0.6 is 11.8 Å². The number of hydrogen-bond acceptors (Lipinski definition) is 14. The fourth-order valence-corrected chi connectivity index (χ4v) is 5.85. The first-order valence-electron chi connectivity index (χ1n) is 14.0. The highest BCUT2D eigenvalue weighted by Crippen LogP contribution is 2.46. The van der Waals surface area contributed by atoms with Crippen molar-refractivity contribution in [1.82, 2.24) is 4.98 Å². The van der Waals surface area contributed by atoms with Crippen molar-refractivity contribution in [2.75, 3.05) is 6.61 Å². The van der Waals surface area contributed by atoms with Gasteiger partial charge in [0, 0.05) is 50.1 Å². The van der Waals surface area contributed by atoms with E-state index >= 15 is 0 Å². The molecule has 0 radical (unpaired) electrons. The van der Waals surface area contributed by atoms with Crippen LogP contribution in [0.1, 0.15) is 45.4 Å². The summed E-state index contributed by atoms with van der Waals surface area (Å²) in [6.45, 7) is 5.40. The minimum absolute atomic E-state index is 0.252. The van der Waals surface area contributed by atoms with Gasteiger partial charge >= 0.3 is 29.8 Å². The van der Waals surface area contributed by atoms with Crippen LogP contribution in [0.2, 0.25) is 0 Å². The molecule has 2 aromatic rings. The summed E-state index contributed by atoms with van der Waals surface area (Å²) in [5.41, 5.74) is 10.9. The van der Waals surface area contributed by atoms with Crippen LogP contribution in [-0.2, 0) is 59.0 Å². The molecule has 0 unspecified atom stereocenters. The van der Waals surface area contributed by atoms with E-state index in [1.54, 1.807) is 42.5 Å². The zero-order chi connectivity index (χ0) is 33.9. The molecule has 1 aliphatic heterocycles. The highest BCUT2D eigenvalue weighted by Gasteiger charge is 2.58. The SMILES string of the molecule is CC(=O)OC[C@@H](OC(C)=O)[C@@H](OC(C)=O)[C@@H]1O[C@@](Sc2ccc(C)cc2)(C(=O)OCc2ccccn2)C[C@H](OC(C)=O)[C@H]1N=[N+]=[N-]. The van der Waals surface area contributed by atoms with Gasteiger partial charge in [0.2, 0.25) is 4.93 Å². The molecule has 0 bridgehead atoms. The number of aromatic nitrogens is 1. The number of azide groups is 1. The number of esters is 5. The molecule has 15 nitrogen and oxygen atoms in total. The molecule has 16 heteroatoms. The van der Waals surface area contributed by atoms with E-state index in [4.69, 9.17) is 28.4 Å². The normalized spacial score (nSPS) is 21.8. The predicted molar refractivity (Wildman–Crippen MR) is 160 cm³/mol. The molecule has 1 aromatic heterocycles. The van der Waals surface area contributed by atoms with Crippen LogP contribution in [0, 0.1) is 6.92 Å². The van der Waals surface area contributed by atoms with Gasteiger partial charge in [-0.25, -0.2) is 4.79 Å². The van der Waals surface area contributed by atoms with Crippen LogP contribution in [0.4, 0.5) is 0 Å². The highest BCUT2D eigenvalue weighted by atomic mass is 32.2. The van der Waals surface area contributed by atoms with E-state index < -0.39 is 71.8 Å². The predicted octanol–water partition coefficient (Wildman–Crippen LogP) is 3.75. The Kier molecular flexibility index (Phi) is 12.9. The number of rotatable bonds is 13. The lowest BCUT2D eigenvalue weighted by Crippen LogP contribution is -2.63. The van der Waals surface area contributed by atoms with Gasteiger partial charge in [0.25, 0.3) is 0 Å². The summed E-state index contributed by atoms with van der Waals surface area (Å²) in [6.07, 6.45) is -4.95. The smallest absolute Gasteiger partial charge is 0.350 e. The third kappa shape index (κ3) is 10.2. The second kappa shape index (κ2) is 16.6. The number of carbonyl (C=O) groups is 5. The van der Waals surface area contributed by atoms with Crippen LogP contribution in [-0.4, -0.2) is 76.8 Å². The van der Waals surface area contributed by atoms with Crippen LogP contribution < -0.4 is 0 Å². The molecule has 0 N–H and O–H groups in total. The third-order valence-electron chi connectivity index (χ3n) is 6.47. The Hall–Kier alpha value is -4.66. The zero-order valence-corrected chi connectivity index (χ0v) is 26.6. The van der Waals surface area contributed by atoms with Crippen molar-refractivity contribution in [3.05, 3.63) is 70.4 Å². The summed E-state index contributed by atoms with van der Waals surface area (Å²) in [4.78, 5) is 68.2. The number of thioether (sulfide) groups is 1. The lowest BCUT2D eigenvalue weighted by Gasteiger charge is -2.47. The van der Waals surface area contributed by atoms with Gasteiger partial charge in [-0.05, 0) is 36.7 Å². The molecular formula is C30H34N4O11S. The number of nitrogens with zero attached hydrogens (tertiary/aromatic N) is 4. The summed E-state index contributed by atoms with van der Waals surface area (Å²) >= 11 is 0.922. The van der Waals surface area contributed by atoms with Crippen molar-refractivity contribution in [1.29, 1.82) is 0 Å². The van der Waals surface area contributed by atoms with Gasteiger partial charge in [-0.2, -0.15) is 0 Å². The fraction of sp³-hybridized carbons (Fsp3) is 0.467. The molecule has 1 fully saturated rings. The molecule has 246 valence electrons. The maximum atomic E-state index is 14.1. The summed E-state index contributed by atoms with van der Waals surface area (Å²) in [5, 5.41) is 3.79. The molecule has 2 heterocycles. The molecule has 3 rings (SSSR count). The summed E-state index contributed by atoms with van der Waals surface area (Å²) in [6, 6.07) is 10.7. The molecule has 1 aliphatic rings. The first-order chi connectivity index (χ1) is 21.8. The number of pyridine rings is 1. The van der Waals surface area contributed by atoms with E-state index in [0.717, 1.165) is 45.0 Å². The summed E-state index contributed by atoms with van der Waals surface area (Å²) < 4.78 is 33.7. The first-order valence-corrected chi connectivity index (χ1v) is 14.8. The molecular weight excluding hydrogens is 624 g/mol. The quantitative estimate of drug-likeness (QED) is 0.0991. The lowest BCUT2D eigenvalue weighted by atomic mass is 9.90. The molecule has 0 spiro atoms. The minimum Gasteiger partial charge on any atom is -0.462 e. The first kappa shape index (κ1) is 35.8. The van der Waals surface area contributed by atoms with Crippen LogP contribution in [0.3, 0.4) is 0 Å². The van der Waals surface area contributed by atoms with E-state index in [0.29, 0.717) is 10.6 Å². The van der Waals surface area contributed by atoms with Crippen molar-refractivity contribution in [2.24, 2.45) is 5.11 Å². The average molecular weight is 659 g/mol. The van der Waals surface area contributed by atoms with E-state index in [1.807, 2.05) is 6.92 Å². The number of hydrogen-bond donors (Lipinski definition) is 0. The average Bonchev–Trinajstić information content (AvgIpc) is 2.99. The lowest BCUT2D eigenvalue weighted by molar-refractivity contribution is -0.222. The molecule has 6 atom stereocenters. The topological polar surface area (TPSA) is 202 Å². The standard InChI is InChI=1S/C30H34N4O11S/c1-17-9-11-23(12-10-17)46-30(29(39)41-15-22-8-6-7-13-32-22)14-24(42-19(3)36)26(33-34-31)28(45-30)27(44-21(5)38)25(43-20(4)37)16-40-18(2)35/h6-13,24-28H,14-16H2,1-5H3/t24-,25+,26+,27+,28+,30-/m0/s1. The maximum absolute atomic E-state index is 14.1. The third-order valence-corrected chi connectivity index (χ3v) is 7.74. The van der Waals surface area contributed by atoms with Crippen molar-refractivity contribution in [3.63, 3.8) is 0 Å². The number of ether oxygens (including phenoxy) is 6. The summed E-state index contributed by atoms with van der Waals surface area (Å²) in [5.74, 6) is -4.15. The van der Waals surface area contributed by atoms with Gasteiger partial charge in [0.15, 0.2) is 12.2 Å². The molecule has 0 saturated carbocycles. The zero-order valence-electron chi connectivity index (χ0n) is 25.8. The number of carbonyl (C=O) groups excluding carboxylic acids is 5. The Balaban J connectivity index is 2.20. The van der Waals surface area contributed by atoms with Gasteiger partial charge in [0.1, 0.15) is 31.5 Å². The van der Waals surface area contributed by atoms with E-state index in [2.05, 4.69) is 15.0 Å². The van der Waals surface area contributed by atoms with Crippen LogP contribution in [0.15, 0.2) is 58.7 Å². The van der Waals surface area contributed by atoms with Gasteiger partial charge in [-0.3, -0.25) is 24.2 Å². The monoisotopic (exact) mass is 658 g/mol. The number of benzene rings is 1. The van der Waals surface area contributed by atoms with Crippen molar-refractivity contribution in [2.45, 2.75) is 87.9 Å². The Bertz CT molecular complexity index is 1450. The van der Waals surface area contributed by atoms with Gasteiger partial charge in [-0.1, -0.05) is 40.6 Å². The second-order valence-corrected chi connectivity index (χ2v) is 11.6. The number of aryl methyl sites for hydroxylation is 1. The Labute approximate surface area is 268 Å². The Morgan fingerprint density at radius 1 is 1.00 bits per heavy atom. The molecule has 1 aromatic carbocycles. The van der Waals surface area contributed by atoms with Crippen LogP contribution in [0.25, 0.3) is 10.4 Å². The largest absolute Gasteiger partial charge is 0.462 e. The molecule has 46 heavy (non-hydrogen) atoms. The van der Waals surface area contributed by atoms with E-state index in [-0.39, 0.29) is 13.0 Å². The molecule has 0 aliphatic carbocycles. The van der Waals surface area contributed by atoms with Gasteiger partial charge in [0.05, 0.1) is 5.69 Å². The second-order valence-electron chi connectivity index (χ2n) is 10.2. The minimum atomic E-state index is -2.02. The van der Waals surface area contributed by atoms with Crippen molar-refractivity contribution in [3.8, 4) is 0 Å². The molecule has 1 saturated heterocycles. The van der Waals surface area contributed by atoms with Crippen LogP contribution in [0.5, 0.6) is 0 Å². The Morgan fingerprint density at radius 3 is 2.26 bits per heavy atom. The van der Waals surface area contributed by atoms with Gasteiger partial charge < -0.3 is 28.4 Å². The van der Waals surface area contributed by atoms with Gasteiger partial charge in [-0.15, -0.1) is 0 Å². The van der Waals surface area contributed by atoms with E-state index in [1.165, 1.54) is 6.20 Å². The highest BCUT2D eigenvalue weighted by molar-refractivity contribution is 8.01. The summed E-state index contributed by atoms with van der Waals surface area (Å²) in [7, 11) is 0. The molecule has 0 amide bonds.